The quantitative estimate of drug-likeness (QED) is 0.539. The van der Waals surface area contributed by atoms with E-state index in [1.165, 1.54) is 0 Å². The van der Waals surface area contributed by atoms with Gasteiger partial charge in [0.2, 0.25) is 0 Å². The van der Waals surface area contributed by atoms with E-state index in [2.05, 4.69) is 10.3 Å². The third kappa shape index (κ3) is 3.91. The Morgan fingerprint density at radius 1 is 1.03 bits per heavy atom. The van der Waals surface area contributed by atoms with E-state index in [4.69, 9.17) is 11.6 Å². The van der Waals surface area contributed by atoms with Crippen molar-refractivity contribution in [2.45, 2.75) is 13.5 Å². The van der Waals surface area contributed by atoms with Crippen LogP contribution in [0.5, 0.6) is 0 Å². The molecule has 1 N–H and O–H groups in total. The first-order valence-corrected chi connectivity index (χ1v) is 9.52. The van der Waals surface area contributed by atoms with Crippen LogP contribution in [-0.2, 0) is 6.54 Å². The summed E-state index contributed by atoms with van der Waals surface area (Å²) in [6.45, 7) is 2.22. The summed E-state index contributed by atoms with van der Waals surface area (Å²) in [6, 6.07) is 22.1. The van der Waals surface area contributed by atoms with Gasteiger partial charge in [0.25, 0.3) is 11.5 Å². The Kier molecular flexibility index (Phi) is 5.14. The van der Waals surface area contributed by atoms with Gasteiger partial charge < -0.3 is 9.88 Å². The molecule has 4 rings (SSSR count). The van der Waals surface area contributed by atoms with Gasteiger partial charge in [0.1, 0.15) is 0 Å². The standard InChI is InChI=1S/C23H18ClN3O2/c1-15-11-12-17(13-18(15)24)25-22(28)21-23(29)27(14-16-7-3-2-4-8-16)20-10-6-5-9-19(20)26-21/h2-13H,14H2,1H3,(H,25,28). The van der Waals surface area contributed by atoms with Crippen molar-refractivity contribution in [3.63, 3.8) is 0 Å². The fourth-order valence-corrected chi connectivity index (χ4v) is 3.30. The van der Waals surface area contributed by atoms with Crippen molar-refractivity contribution in [2.24, 2.45) is 0 Å². The number of rotatable bonds is 4. The monoisotopic (exact) mass is 403 g/mol. The van der Waals surface area contributed by atoms with Gasteiger partial charge >= 0.3 is 0 Å². The molecule has 29 heavy (non-hydrogen) atoms. The molecule has 0 aliphatic heterocycles. The first kappa shape index (κ1) is 18.9. The lowest BCUT2D eigenvalue weighted by atomic mass is 10.2. The van der Waals surface area contributed by atoms with Gasteiger partial charge in [-0.05, 0) is 42.3 Å². The van der Waals surface area contributed by atoms with E-state index < -0.39 is 11.5 Å². The van der Waals surface area contributed by atoms with Crippen molar-refractivity contribution < 1.29 is 4.79 Å². The van der Waals surface area contributed by atoms with E-state index in [-0.39, 0.29) is 5.69 Å². The molecule has 0 saturated heterocycles. The fourth-order valence-electron chi connectivity index (χ4n) is 3.12. The van der Waals surface area contributed by atoms with E-state index >= 15 is 0 Å². The Balaban J connectivity index is 1.78. The van der Waals surface area contributed by atoms with Gasteiger partial charge in [-0.15, -0.1) is 0 Å². The van der Waals surface area contributed by atoms with Crippen molar-refractivity contribution in [2.75, 3.05) is 5.32 Å². The van der Waals surface area contributed by atoms with E-state index in [9.17, 15) is 9.59 Å². The number of para-hydroxylation sites is 2. The zero-order valence-corrected chi connectivity index (χ0v) is 16.5. The number of carbonyl (C=O) groups excluding carboxylic acids is 1. The van der Waals surface area contributed by atoms with Crippen LogP contribution in [0.4, 0.5) is 5.69 Å². The summed E-state index contributed by atoms with van der Waals surface area (Å²) in [5.74, 6) is -0.567. The van der Waals surface area contributed by atoms with Crippen LogP contribution in [0.3, 0.4) is 0 Å². The number of amides is 1. The molecular weight excluding hydrogens is 386 g/mol. The van der Waals surface area contributed by atoms with Crippen molar-refractivity contribution >= 4 is 34.2 Å². The van der Waals surface area contributed by atoms with Gasteiger partial charge in [0, 0.05) is 10.7 Å². The van der Waals surface area contributed by atoms with Crippen molar-refractivity contribution in [1.29, 1.82) is 0 Å². The Bertz CT molecular complexity index is 1270. The van der Waals surface area contributed by atoms with Crippen molar-refractivity contribution in [1.82, 2.24) is 9.55 Å². The Morgan fingerprint density at radius 2 is 1.76 bits per heavy atom. The molecule has 0 saturated carbocycles. The number of aromatic nitrogens is 2. The number of fused-ring (bicyclic) bond motifs is 1. The molecule has 6 heteroatoms. The maximum atomic E-state index is 13.2. The number of halogens is 1. The SMILES string of the molecule is Cc1ccc(NC(=O)c2nc3ccccc3n(Cc3ccccc3)c2=O)cc1Cl. The summed E-state index contributed by atoms with van der Waals surface area (Å²) in [6.07, 6.45) is 0. The number of carbonyl (C=O) groups is 1. The minimum Gasteiger partial charge on any atom is -0.320 e. The lowest BCUT2D eigenvalue weighted by Crippen LogP contribution is -2.31. The highest BCUT2D eigenvalue weighted by molar-refractivity contribution is 6.31. The molecule has 0 bridgehead atoms. The van der Waals surface area contributed by atoms with Crippen LogP contribution in [0.2, 0.25) is 5.02 Å². The zero-order chi connectivity index (χ0) is 20.4. The van der Waals surface area contributed by atoms with E-state index in [0.29, 0.717) is 28.3 Å². The smallest absolute Gasteiger partial charge is 0.283 e. The van der Waals surface area contributed by atoms with Gasteiger partial charge in [-0.25, -0.2) is 4.98 Å². The van der Waals surface area contributed by atoms with E-state index in [1.54, 1.807) is 28.8 Å². The maximum Gasteiger partial charge on any atom is 0.283 e. The average molecular weight is 404 g/mol. The number of hydrogen-bond donors (Lipinski definition) is 1. The minimum absolute atomic E-state index is 0.156. The van der Waals surface area contributed by atoms with E-state index in [1.807, 2.05) is 55.5 Å². The largest absolute Gasteiger partial charge is 0.320 e. The predicted octanol–water partition coefficient (Wildman–Crippen LogP) is 4.66. The van der Waals surface area contributed by atoms with Crippen molar-refractivity contribution in [3.8, 4) is 0 Å². The third-order valence-electron chi connectivity index (χ3n) is 4.68. The van der Waals surface area contributed by atoms with Gasteiger partial charge in [0.15, 0.2) is 5.69 Å². The lowest BCUT2D eigenvalue weighted by Gasteiger charge is -2.13. The highest BCUT2D eigenvalue weighted by Gasteiger charge is 2.18. The third-order valence-corrected chi connectivity index (χ3v) is 5.09. The summed E-state index contributed by atoms with van der Waals surface area (Å²) >= 11 is 6.14. The Morgan fingerprint density at radius 3 is 2.52 bits per heavy atom. The van der Waals surface area contributed by atoms with Gasteiger partial charge in [0.05, 0.1) is 17.6 Å². The van der Waals surface area contributed by atoms with Crippen molar-refractivity contribution in [3.05, 3.63) is 105 Å². The molecule has 1 amide bonds. The summed E-state index contributed by atoms with van der Waals surface area (Å²) in [7, 11) is 0. The lowest BCUT2D eigenvalue weighted by molar-refractivity contribution is 0.102. The molecule has 144 valence electrons. The van der Waals surface area contributed by atoms with Gasteiger partial charge in [-0.3, -0.25) is 9.59 Å². The second-order valence-electron chi connectivity index (χ2n) is 6.74. The molecule has 0 unspecified atom stereocenters. The Labute approximate surface area is 172 Å². The van der Waals surface area contributed by atoms with Gasteiger partial charge in [-0.2, -0.15) is 0 Å². The highest BCUT2D eigenvalue weighted by atomic mass is 35.5. The van der Waals surface area contributed by atoms with Crippen LogP contribution in [0, 0.1) is 6.92 Å². The summed E-state index contributed by atoms with van der Waals surface area (Å²) in [4.78, 5) is 30.3. The highest BCUT2D eigenvalue weighted by Crippen LogP contribution is 2.20. The molecule has 3 aromatic carbocycles. The molecule has 0 atom stereocenters. The number of hydrogen-bond acceptors (Lipinski definition) is 3. The number of nitrogens with zero attached hydrogens (tertiary/aromatic N) is 2. The molecule has 4 aromatic rings. The molecule has 0 aliphatic rings. The van der Waals surface area contributed by atoms with Crippen LogP contribution in [0.15, 0.2) is 77.6 Å². The maximum absolute atomic E-state index is 13.2. The number of anilines is 1. The van der Waals surface area contributed by atoms with Crippen LogP contribution in [0.25, 0.3) is 11.0 Å². The minimum atomic E-state index is -0.567. The molecule has 0 aliphatic carbocycles. The van der Waals surface area contributed by atoms with Crippen LogP contribution < -0.4 is 10.9 Å². The predicted molar refractivity (Wildman–Crippen MR) is 116 cm³/mol. The molecule has 1 aromatic heterocycles. The molecule has 5 nitrogen and oxygen atoms in total. The summed E-state index contributed by atoms with van der Waals surface area (Å²) in [5, 5.41) is 3.26. The van der Waals surface area contributed by atoms with E-state index in [0.717, 1.165) is 11.1 Å². The molecule has 0 spiro atoms. The summed E-state index contributed by atoms with van der Waals surface area (Å²) < 4.78 is 1.58. The number of nitrogens with one attached hydrogen (secondary N) is 1. The van der Waals surface area contributed by atoms with Crippen LogP contribution in [-0.4, -0.2) is 15.5 Å². The second kappa shape index (κ2) is 7.89. The van der Waals surface area contributed by atoms with Crippen LogP contribution in [0.1, 0.15) is 21.6 Å². The first-order chi connectivity index (χ1) is 14.0. The molecule has 1 heterocycles. The summed E-state index contributed by atoms with van der Waals surface area (Å²) in [5.41, 5.74) is 3.03. The molecule has 0 radical (unpaired) electrons. The fraction of sp³-hybridized carbons (Fsp3) is 0.0870. The Hall–Kier alpha value is -3.44. The molecular formula is C23H18ClN3O2. The first-order valence-electron chi connectivity index (χ1n) is 9.14. The van der Waals surface area contributed by atoms with Crippen LogP contribution >= 0.6 is 11.6 Å². The number of benzene rings is 3. The average Bonchev–Trinajstić information content (AvgIpc) is 2.73. The zero-order valence-electron chi connectivity index (χ0n) is 15.7. The molecule has 0 fully saturated rings. The van der Waals surface area contributed by atoms with Gasteiger partial charge in [-0.1, -0.05) is 60.1 Å². The normalized spacial score (nSPS) is 10.8. The number of aryl methyl sites for hydroxylation is 1. The second-order valence-corrected chi connectivity index (χ2v) is 7.15. The topological polar surface area (TPSA) is 64.0 Å².